The van der Waals surface area contributed by atoms with Gasteiger partial charge in [-0.1, -0.05) is 0 Å². The van der Waals surface area contributed by atoms with Crippen LogP contribution in [0.4, 0.5) is 26.1 Å². The maximum atomic E-state index is 13.1. The van der Waals surface area contributed by atoms with E-state index in [0.717, 1.165) is 22.3 Å². The predicted octanol–water partition coefficient (Wildman–Crippen LogP) is 2.99. The van der Waals surface area contributed by atoms with Gasteiger partial charge in [0, 0.05) is 35.7 Å². The standard InChI is InChI=1S/C20H23F2N7O/c1-10-14-7-24-17(29-8-20(3,30)9-29)6-13(14)19(28-27-10)25-11(2)15-4-12(23)5-16(26-15)18(21)22/h4-7,11,18,30H,8-9H2,1-3H3,(H2,23,26)(H,25,28)/t11-/m1/s1. The Labute approximate surface area is 172 Å². The molecule has 0 aromatic carbocycles. The number of hydrogen-bond acceptors (Lipinski definition) is 8. The summed E-state index contributed by atoms with van der Waals surface area (Å²) in [6.45, 7) is 6.39. The Balaban J connectivity index is 1.67. The molecule has 3 aromatic heterocycles. The number of anilines is 3. The van der Waals surface area contributed by atoms with E-state index in [1.54, 1.807) is 26.1 Å². The molecule has 158 valence electrons. The number of pyridine rings is 2. The Morgan fingerprint density at radius 2 is 1.87 bits per heavy atom. The van der Waals surface area contributed by atoms with Crippen molar-refractivity contribution < 1.29 is 13.9 Å². The molecule has 4 rings (SSSR count). The second-order valence-corrected chi connectivity index (χ2v) is 7.99. The van der Waals surface area contributed by atoms with Crippen LogP contribution in [-0.4, -0.2) is 44.0 Å². The molecule has 1 aliphatic rings. The summed E-state index contributed by atoms with van der Waals surface area (Å²) in [4.78, 5) is 10.5. The number of hydrogen-bond donors (Lipinski definition) is 3. The topological polar surface area (TPSA) is 113 Å². The number of β-amino-alcohol motifs (C(OH)–C–C–N with tert-alkyl or cyclic N) is 1. The minimum Gasteiger partial charge on any atom is -0.399 e. The first kappa shape index (κ1) is 20.1. The average molecular weight is 415 g/mol. The van der Waals surface area contributed by atoms with Crippen LogP contribution in [0, 0.1) is 6.92 Å². The number of rotatable bonds is 5. The van der Waals surface area contributed by atoms with Gasteiger partial charge in [0.05, 0.1) is 23.0 Å². The van der Waals surface area contributed by atoms with Gasteiger partial charge in [-0.15, -0.1) is 5.10 Å². The lowest BCUT2D eigenvalue weighted by molar-refractivity contribution is 0.0305. The largest absolute Gasteiger partial charge is 0.399 e. The monoisotopic (exact) mass is 415 g/mol. The van der Waals surface area contributed by atoms with E-state index in [9.17, 15) is 13.9 Å². The lowest BCUT2D eigenvalue weighted by Crippen LogP contribution is -2.60. The fraction of sp³-hybridized carbons (Fsp3) is 0.400. The van der Waals surface area contributed by atoms with E-state index in [-0.39, 0.29) is 11.4 Å². The third-order valence-electron chi connectivity index (χ3n) is 5.13. The Bertz CT molecular complexity index is 1100. The molecule has 4 heterocycles. The Morgan fingerprint density at radius 3 is 2.53 bits per heavy atom. The molecule has 8 nitrogen and oxygen atoms in total. The molecular formula is C20H23F2N7O. The Hall–Kier alpha value is -3.14. The lowest BCUT2D eigenvalue weighted by atomic mass is 9.97. The second kappa shape index (κ2) is 7.28. The SMILES string of the molecule is Cc1nnc(N[C@H](C)c2cc(N)cc(C(F)F)n2)c2cc(N3CC(C)(O)C3)ncc12. The third kappa shape index (κ3) is 3.82. The van der Waals surface area contributed by atoms with E-state index >= 15 is 0 Å². The van der Waals surface area contributed by atoms with Crippen LogP contribution in [0.2, 0.25) is 0 Å². The van der Waals surface area contributed by atoms with Gasteiger partial charge in [0.1, 0.15) is 11.5 Å². The number of nitrogens with two attached hydrogens (primary N) is 1. The van der Waals surface area contributed by atoms with Crippen LogP contribution < -0.4 is 16.0 Å². The molecule has 0 unspecified atom stereocenters. The summed E-state index contributed by atoms with van der Waals surface area (Å²) in [7, 11) is 0. The van der Waals surface area contributed by atoms with Crippen molar-refractivity contribution in [3.8, 4) is 0 Å². The van der Waals surface area contributed by atoms with E-state index in [0.29, 0.717) is 24.6 Å². The first-order valence-corrected chi connectivity index (χ1v) is 9.55. The molecule has 1 saturated heterocycles. The van der Waals surface area contributed by atoms with Crippen molar-refractivity contribution in [2.75, 3.05) is 29.0 Å². The van der Waals surface area contributed by atoms with Crippen LogP contribution in [-0.2, 0) is 0 Å². The van der Waals surface area contributed by atoms with Crippen LogP contribution in [0.25, 0.3) is 10.8 Å². The van der Waals surface area contributed by atoms with Crippen molar-refractivity contribution in [2.24, 2.45) is 0 Å². The van der Waals surface area contributed by atoms with Gasteiger partial charge in [0.15, 0.2) is 5.82 Å². The number of aryl methyl sites for hydroxylation is 1. The van der Waals surface area contributed by atoms with E-state index in [4.69, 9.17) is 5.73 Å². The van der Waals surface area contributed by atoms with E-state index in [1.165, 1.54) is 6.07 Å². The highest BCUT2D eigenvalue weighted by Crippen LogP contribution is 2.32. The maximum Gasteiger partial charge on any atom is 0.280 e. The molecular weight excluding hydrogens is 392 g/mol. The van der Waals surface area contributed by atoms with Gasteiger partial charge in [-0.05, 0) is 39.0 Å². The summed E-state index contributed by atoms with van der Waals surface area (Å²) in [6.07, 6.45) is -0.979. The van der Waals surface area contributed by atoms with Crippen molar-refractivity contribution in [2.45, 2.75) is 38.8 Å². The first-order valence-electron chi connectivity index (χ1n) is 9.55. The lowest BCUT2D eigenvalue weighted by Gasteiger charge is -2.45. The van der Waals surface area contributed by atoms with Crippen LogP contribution in [0.3, 0.4) is 0 Å². The van der Waals surface area contributed by atoms with Gasteiger partial charge < -0.3 is 21.1 Å². The highest BCUT2D eigenvalue weighted by molar-refractivity contribution is 5.94. The summed E-state index contributed by atoms with van der Waals surface area (Å²) in [5, 5.41) is 23.3. The molecule has 0 spiro atoms. The number of aliphatic hydroxyl groups is 1. The Morgan fingerprint density at radius 1 is 1.17 bits per heavy atom. The molecule has 1 aliphatic heterocycles. The quantitative estimate of drug-likeness (QED) is 0.583. The highest BCUT2D eigenvalue weighted by atomic mass is 19.3. The number of nitrogens with zero attached hydrogens (tertiary/aromatic N) is 5. The van der Waals surface area contributed by atoms with Crippen molar-refractivity contribution in [3.63, 3.8) is 0 Å². The highest BCUT2D eigenvalue weighted by Gasteiger charge is 2.37. The van der Waals surface area contributed by atoms with E-state index in [2.05, 4.69) is 25.5 Å². The van der Waals surface area contributed by atoms with Crippen LogP contribution in [0.15, 0.2) is 24.4 Å². The van der Waals surface area contributed by atoms with Crippen LogP contribution in [0.1, 0.15) is 43.4 Å². The minimum absolute atomic E-state index is 0.222. The van der Waals surface area contributed by atoms with Gasteiger partial charge in [0.2, 0.25) is 0 Å². The maximum absolute atomic E-state index is 13.1. The number of nitrogens with one attached hydrogen (secondary N) is 1. The van der Waals surface area contributed by atoms with Crippen LogP contribution in [0.5, 0.6) is 0 Å². The molecule has 0 saturated carbocycles. The predicted molar refractivity (Wildman–Crippen MR) is 111 cm³/mol. The van der Waals surface area contributed by atoms with Crippen molar-refractivity contribution in [1.29, 1.82) is 0 Å². The van der Waals surface area contributed by atoms with Gasteiger partial charge in [-0.3, -0.25) is 0 Å². The van der Waals surface area contributed by atoms with E-state index < -0.39 is 18.1 Å². The minimum atomic E-state index is -2.71. The van der Waals surface area contributed by atoms with Gasteiger partial charge in [-0.2, -0.15) is 5.10 Å². The normalized spacial score (nSPS) is 16.6. The average Bonchev–Trinajstić information content (AvgIpc) is 2.67. The summed E-state index contributed by atoms with van der Waals surface area (Å²) in [5.41, 5.74) is 6.01. The fourth-order valence-electron chi connectivity index (χ4n) is 3.59. The first-order chi connectivity index (χ1) is 14.1. The zero-order valence-electron chi connectivity index (χ0n) is 16.9. The van der Waals surface area contributed by atoms with Crippen molar-refractivity contribution in [3.05, 3.63) is 41.5 Å². The number of aromatic nitrogens is 4. The second-order valence-electron chi connectivity index (χ2n) is 7.99. The molecule has 1 fully saturated rings. The molecule has 0 bridgehead atoms. The third-order valence-corrected chi connectivity index (χ3v) is 5.13. The molecule has 30 heavy (non-hydrogen) atoms. The van der Waals surface area contributed by atoms with Gasteiger partial charge in [0.25, 0.3) is 6.43 Å². The van der Waals surface area contributed by atoms with Crippen molar-refractivity contribution in [1.82, 2.24) is 20.2 Å². The summed E-state index contributed by atoms with van der Waals surface area (Å²) in [6, 6.07) is 4.18. The van der Waals surface area contributed by atoms with Gasteiger partial charge >= 0.3 is 0 Å². The molecule has 4 N–H and O–H groups in total. The van der Waals surface area contributed by atoms with Crippen molar-refractivity contribution >= 4 is 28.1 Å². The van der Waals surface area contributed by atoms with E-state index in [1.807, 2.05) is 17.9 Å². The summed E-state index contributed by atoms with van der Waals surface area (Å²) >= 11 is 0. The molecule has 1 atom stereocenters. The summed E-state index contributed by atoms with van der Waals surface area (Å²) in [5.74, 6) is 1.21. The van der Waals surface area contributed by atoms with Gasteiger partial charge in [-0.25, -0.2) is 18.7 Å². The zero-order chi connectivity index (χ0) is 21.6. The fourth-order valence-corrected chi connectivity index (χ4v) is 3.59. The number of fused-ring (bicyclic) bond motifs is 1. The molecule has 0 amide bonds. The number of alkyl halides is 2. The Kier molecular flexibility index (Phi) is 4.89. The number of halogens is 2. The number of nitrogen functional groups attached to an aromatic ring is 1. The molecule has 0 radical (unpaired) electrons. The summed E-state index contributed by atoms with van der Waals surface area (Å²) < 4.78 is 26.2. The molecule has 0 aliphatic carbocycles. The molecule has 3 aromatic rings. The molecule has 10 heteroatoms. The van der Waals surface area contributed by atoms with Crippen LogP contribution >= 0.6 is 0 Å². The zero-order valence-corrected chi connectivity index (χ0v) is 16.9. The smallest absolute Gasteiger partial charge is 0.280 e.